The zero-order valence-electron chi connectivity index (χ0n) is 16.2. The molecule has 0 aliphatic carbocycles. The Morgan fingerprint density at radius 3 is 2.55 bits per heavy atom. The van der Waals surface area contributed by atoms with Crippen LogP contribution < -0.4 is 25.7 Å². The van der Waals surface area contributed by atoms with Crippen LogP contribution in [0.2, 0.25) is 0 Å². The molecule has 2 aromatic carbocycles. The zero-order valence-corrected chi connectivity index (χ0v) is 16.2. The van der Waals surface area contributed by atoms with Gasteiger partial charge in [0.05, 0.1) is 17.9 Å². The number of nitrogens with zero attached hydrogens (tertiary/aromatic N) is 2. The molecule has 0 saturated heterocycles. The largest absolute Gasteiger partial charge is 0.486 e. The van der Waals surface area contributed by atoms with Crippen molar-refractivity contribution < 1.29 is 14.3 Å². The molecule has 1 aliphatic rings. The molecule has 8 nitrogen and oxygen atoms in total. The van der Waals surface area contributed by atoms with E-state index in [-0.39, 0.29) is 23.9 Å². The number of amides is 2. The molecule has 2 heterocycles. The number of benzene rings is 2. The lowest BCUT2D eigenvalue weighted by Gasteiger charge is -2.26. The summed E-state index contributed by atoms with van der Waals surface area (Å²) in [7, 11) is 1.78. The molecule has 0 fully saturated rings. The molecule has 0 saturated carbocycles. The molecular formula is C21H22N4O4. The Kier molecular flexibility index (Phi) is 4.99. The number of anilines is 1. The van der Waals surface area contributed by atoms with Crippen molar-refractivity contribution >= 4 is 11.7 Å². The Morgan fingerprint density at radius 1 is 1.10 bits per heavy atom. The first-order chi connectivity index (χ1) is 14.0. The van der Waals surface area contributed by atoms with E-state index in [0.717, 1.165) is 5.69 Å². The number of urea groups is 1. The van der Waals surface area contributed by atoms with Crippen LogP contribution in [0.1, 0.15) is 5.69 Å². The topological polar surface area (TPSA) is 86.5 Å². The van der Waals surface area contributed by atoms with Gasteiger partial charge in [0.15, 0.2) is 17.6 Å². The van der Waals surface area contributed by atoms with Crippen molar-refractivity contribution in [2.24, 2.45) is 7.05 Å². The zero-order chi connectivity index (χ0) is 20.4. The predicted molar refractivity (Wildman–Crippen MR) is 109 cm³/mol. The number of hydrogen-bond donors (Lipinski definition) is 2. The Bertz CT molecular complexity index is 1090. The van der Waals surface area contributed by atoms with Crippen LogP contribution in [0, 0.1) is 6.92 Å². The van der Waals surface area contributed by atoms with Gasteiger partial charge in [0, 0.05) is 7.05 Å². The lowest BCUT2D eigenvalue weighted by atomic mass is 10.2. The fourth-order valence-corrected chi connectivity index (χ4v) is 3.24. The molecule has 0 spiro atoms. The summed E-state index contributed by atoms with van der Waals surface area (Å²) >= 11 is 0. The Balaban J connectivity index is 1.42. The molecule has 2 N–H and O–H groups in total. The van der Waals surface area contributed by atoms with E-state index in [1.54, 1.807) is 18.7 Å². The van der Waals surface area contributed by atoms with E-state index in [9.17, 15) is 9.59 Å². The molecule has 1 aliphatic heterocycles. The lowest BCUT2D eigenvalue weighted by Crippen LogP contribution is -2.42. The van der Waals surface area contributed by atoms with Crippen molar-refractivity contribution in [1.82, 2.24) is 14.7 Å². The summed E-state index contributed by atoms with van der Waals surface area (Å²) in [6.07, 6.45) is -0.312. The lowest BCUT2D eigenvalue weighted by molar-refractivity contribution is 0.0922. The monoisotopic (exact) mass is 394 g/mol. The number of aromatic nitrogens is 2. The highest BCUT2D eigenvalue weighted by Crippen LogP contribution is 2.30. The van der Waals surface area contributed by atoms with E-state index < -0.39 is 6.03 Å². The molecule has 0 radical (unpaired) electrons. The van der Waals surface area contributed by atoms with Gasteiger partial charge >= 0.3 is 6.03 Å². The van der Waals surface area contributed by atoms with Crippen molar-refractivity contribution in [3.05, 3.63) is 70.6 Å². The SMILES string of the molecule is Cc1c(NC(=O)NC[C@H]2COc3ccccc3O2)c(=O)n(-c2ccccc2)n1C. The number of rotatable bonds is 4. The van der Waals surface area contributed by atoms with E-state index in [1.165, 1.54) is 4.68 Å². The van der Waals surface area contributed by atoms with Gasteiger partial charge in [-0.3, -0.25) is 9.48 Å². The van der Waals surface area contributed by atoms with Gasteiger partial charge in [0.1, 0.15) is 12.3 Å². The van der Waals surface area contributed by atoms with E-state index in [1.807, 2.05) is 54.6 Å². The number of nitrogens with one attached hydrogen (secondary N) is 2. The second-order valence-electron chi connectivity index (χ2n) is 6.77. The maximum atomic E-state index is 12.8. The quantitative estimate of drug-likeness (QED) is 0.712. The number of ether oxygens (including phenoxy) is 2. The third kappa shape index (κ3) is 3.69. The predicted octanol–water partition coefficient (Wildman–Crippen LogP) is 2.45. The van der Waals surface area contributed by atoms with Crippen LogP contribution in [0.4, 0.5) is 10.5 Å². The number of fused-ring (bicyclic) bond motifs is 1. The molecule has 1 aromatic heterocycles. The summed E-state index contributed by atoms with van der Waals surface area (Å²) in [5.74, 6) is 1.34. The van der Waals surface area contributed by atoms with Crippen LogP contribution in [-0.4, -0.2) is 34.7 Å². The smallest absolute Gasteiger partial charge is 0.319 e. The van der Waals surface area contributed by atoms with Crippen molar-refractivity contribution in [3.63, 3.8) is 0 Å². The molecule has 29 heavy (non-hydrogen) atoms. The Labute approximate surface area is 167 Å². The number of hydrogen-bond acceptors (Lipinski definition) is 4. The van der Waals surface area contributed by atoms with Gasteiger partial charge in [-0.25, -0.2) is 9.48 Å². The number of carbonyl (C=O) groups excluding carboxylic acids is 1. The molecule has 150 valence electrons. The molecule has 8 heteroatoms. The maximum Gasteiger partial charge on any atom is 0.319 e. The normalized spacial score (nSPS) is 15.0. The highest BCUT2D eigenvalue weighted by atomic mass is 16.6. The summed E-state index contributed by atoms with van der Waals surface area (Å²) in [4.78, 5) is 25.2. The first-order valence-electron chi connectivity index (χ1n) is 9.32. The minimum Gasteiger partial charge on any atom is -0.486 e. The first kappa shape index (κ1) is 18.7. The average Bonchev–Trinajstić information content (AvgIpc) is 2.96. The van der Waals surface area contributed by atoms with E-state index >= 15 is 0 Å². The number of carbonyl (C=O) groups is 1. The highest BCUT2D eigenvalue weighted by molar-refractivity contribution is 5.89. The van der Waals surface area contributed by atoms with E-state index in [2.05, 4.69) is 10.6 Å². The summed E-state index contributed by atoms with van der Waals surface area (Å²) in [6.45, 7) is 2.37. The van der Waals surface area contributed by atoms with E-state index in [0.29, 0.717) is 23.8 Å². The third-order valence-corrected chi connectivity index (χ3v) is 4.85. The van der Waals surface area contributed by atoms with Gasteiger partial charge in [-0.05, 0) is 31.2 Å². The average molecular weight is 394 g/mol. The Morgan fingerprint density at radius 2 is 1.79 bits per heavy atom. The van der Waals surface area contributed by atoms with Crippen LogP contribution in [0.25, 0.3) is 5.69 Å². The summed E-state index contributed by atoms with van der Waals surface area (Å²) in [5.41, 5.74) is 1.32. The molecule has 2 amide bonds. The van der Waals surface area contributed by atoms with Crippen LogP contribution in [0.5, 0.6) is 11.5 Å². The van der Waals surface area contributed by atoms with E-state index in [4.69, 9.17) is 9.47 Å². The second kappa shape index (κ2) is 7.75. The van der Waals surface area contributed by atoms with Crippen LogP contribution in [-0.2, 0) is 7.05 Å². The van der Waals surface area contributed by atoms with Crippen molar-refractivity contribution in [2.45, 2.75) is 13.0 Å². The molecular weight excluding hydrogens is 372 g/mol. The fourth-order valence-electron chi connectivity index (χ4n) is 3.24. The Hall–Kier alpha value is -3.68. The van der Waals surface area contributed by atoms with Gasteiger partial charge < -0.3 is 20.1 Å². The molecule has 0 unspecified atom stereocenters. The highest BCUT2D eigenvalue weighted by Gasteiger charge is 2.22. The molecule has 3 aromatic rings. The first-order valence-corrected chi connectivity index (χ1v) is 9.32. The summed E-state index contributed by atoms with van der Waals surface area (Å²) in [6, 6.07) is 16.2. The van der Waals surface area contributed by atoms with Crippen molar-refractivity contribution in [2.75, 3.05) is 18.5 Å². The van der Waals surface area contributed by atoms with Crippen molar-refractivity contribution in [1.29, 1.82) is 0 Å². The van der Waals surface area contributed by atoms with Gasteiger partial charge in [0.2, 0.25) is 0 Å². The van der Waals surface area contributed by atoms with Crippen LogP contribution in [0.3, 0.4) is 0 Å². The number of para-hydroxylation sites is 3. The van der Waals surface area contributed by atoms with Gasteiger partial charge in [-0.2, -0.15) is 0 Å². The summed E-state index contributed by atoms with van der Waals surface area (Å²) in [5, 5.41) is 5.41. The molecule has 4 rings (SSSR count). The third-order valence-electron chi connectivity index (χ3n) is 4.85. The summed E-state index contributed by atoms with van der Waals surface area (Å²) < 4.78 is 14.7. The van der Waals surface area contributed by atoms with Crippen LogP contribution in [0.15, 0.2) is 59.4 Å². The van der Waals surface area contributed by atoms with Gasteiger partial charge in [-0.1, -0.05) is 30.3 Å². The minimum atomic E-state index is -0.474. The van der Waals surface area contributed by atoms with Gasteiger partial charge in [-0.15, -0.1) is 0 Å². The fraction of sp³-hybridized carbons (Fsp3) is 0.238. The molecule has 0 bridgehead atoms. The van der Waals surface area contributed by atoms with Gasteiger partial charge in [0.25, 0.3) is 5.56 Å². The maximum absolute atomic E-state index is 12.8. The van der Waals surface area contributed by atoms with Crippen LogP contribution >= 0.6 is 0 Å². The second-order valence-corrected chi connectivity index (χ2v) is 6.77. The minimum absolute atomic E-state index is 0.236. The standard InChI is InChI=1S/C21H22N4O4/c1-14-19(20(26)25(24(14)2)15-8-4-3-5-9-15)23-21(27)22-12-16-13-28-17-10-6-7-11-18(17)29-16/h3-11,16H,12-13H2,1-2H3,(H2,22,23,27)/t16-/m0/s1. The van der Waals surface area contributed by atoms with Crippen molar-refractivity contribution in [3.8, 4) is 17.2 Å². The molecule has 1 atom stereocenters.